The van der Waals surface area contributed by atoms with Crippen molar-refractivity contribution in [3.63, 3.8) is 0 Å². The molecule has 0 saturated heterocycles. The Morgan fingerprint density at radius 2 is 0.944 bits per heavy atom. The summed E-state index contributed by atoms with van der Waals surface area (Å²) in [5, 5.41) is 31.9. The van der Waals surface area contributed by atoms with Crippen molar-refractivity contribution in [2.24, 2.45) is 0 Å². The number of carboxylic acid groups (broad SMARTS) is 2. The SMILES string of the molecule is O=C(O)CS.O=C(O)CS.OCCCCCCO. The molecule has 0 aromatic rings. The van der Waals surface area contributed by atoms with Gasteiger partial charge in [0.15, 0.2) is 0 Å². The molecule has 0 rings (SSSR count). The molecule has 8 heteroatoms. The van der Waals surface area contributed by atoms with Crippen molar-refractivity contribution in [1.82, 2.24) is 0 Å². The van der Waals surface area contributed by atoms with Gasteiger partial charge in [0.2, 0.25) is 0 Å². The Morgan fingerprint density at radius 3 is 1.06 bits per heavy atom. The summed E-state index contributed by atoms with van der Waals surface area (Å²) >= 11 is 6.83. The van der Waals surface area contributed by atoms with Gasteiger partial charge in [0.1, 0.15) is 0 Å². The molecule has 0 aromatic carbocycles. The summed E-state index contributed by atoms with van der Waals surface area (Å²) in [7, 11) is 0. The average Bonchev–Trinajstić information content (AvgIpc) is 2.36. The van der Waals surface area contributed by atoms with Gasteiger partial charge in [-0.1, -0.05) is 12.8 Å². The maximum absolute atomic E-state index is 9.29. The standard InChI is InChI=1S/C6H14O2.2C2H4O2S/c7-5-3-1-2-4-6-8;2*3-2(4)1-5/h7-8H,1-6H2;2*5H,1H2,(H,3,4). The number of aliphatic carboxylic acids is 2. The Labute approximate surface area is 118 Å². The van der Waals surface area contributed by atoms with Crippen LogP contribution in [0.15, 0.2) is 0 Å². The van der Waals surface area contributed by atoms with E-state index in [9.17, 15) is 9.59 Å². The van der Waals surface area contributed by atoms with E-state index in [1.54, 1.807) is 0 Å². The summed E-state index contributed by atoms with van der Waals surface area (Å²) in [6.07, 6.45) is 3.83. The number of carbonyl (C=O) groups is 2. The second-order valence-corrected chi connectivity index (χ2v) is 3.60. The lowest BCUT2D eigenvalue weighted by Crippen LogP contribution is -1.92. The van der Waals surface area contributed by atoms with Crippen molar-refractivity contribution < 1.29 is 30.0 Å². The Hall–Kier alpha value is -0.440. The van der Waals surface area contributed by atoms with Crippen molar-refractivity contribution in [2.75, 3.05) is 24.7 Å². The van der Waals surface area contributed by atoms with Crippen LogP contribution < -0.4 is 0 Å². The first-order valence-electron chi connectivity index (χ1n) is 5.33. The zero-order valence-corrected chi connectivity index (χ0v) is 11.9. The van der Waals surface area contributed by atoms with Crippen LogP contribution in [0.2, 0.25) is 0 Å². The zero-order valence-electron chi connectivity index (χ0n) is 10.2. The van der Waals surface area contributed by atoms with Gasteiger partial charge in [-0.25, -0.2) is 0 Å². The van der Waals surface area contributed by atoms with Gasteiger partial charge in [-0.15, -0.1) is 0 Å². The zero-order chi connectivity index (χ0) is 14.8. The lowest BCUT2D eigenvalue weighted by Gasteiger charge is -1.93. The number of carboxylic acids is 2. The molecule has 0 aliphatic rings. The molecule has 0 aliphatic heterocycles. The molecule has 0 atom stereocenters. The lowest BCUT2D eigenvalue weighted by atomic mass is 10.2. The lowest BCUT2D eigenvalue weighted by molar-refractivity contribution is -0.134. The number of aliphatic hydroxyl groups excluding tert-OH is 2. The molecule has 6 nitrogen and oxygen atoms in total. The Kier molecular flexibility index (Phi) is 27.5. The predicted octanol–water partition coefficient (Wildman–Crippen LogP) is 0.533. The van der Waals surface area contributed by atoms with E-state index in [4.69, 9.17) is 20.4 Å². The molecule has 110 valence electrons. The third kappa shape index (κ3) is 45.0. The van der Waals surface area contributed by atoms with Crippen LogP contribution in [0.4, 0.5) is 0 Å². The molecular formula is C10H22O6S2. The molecule has 0 unspecified atom stereocenters. The van der Waals surface area contributed by atoms with Crippen LogP contribution in [0.25, 0.3) is 0 Å². The molecule has 4 N–H and O–H groups in total. The maximum atomic E-state index is 9.29. The van der Waals surface area contributed by atoms with Gasteiger partial charge in [-0.2, -0.15) is 25.3 Å². The van der Waals surface area contributed by atoms with Gasteiger partial charge in [0.05, 0.1) is 11.5 Å². The summed E-state index contributed by atoms with van der Waals surface area (Å²) in [4.78, 5) is 18.6. The number of rotatable bonds is 7. The number of aliphatic hydroxyl groups is 2. The van der Waals surface area contributed by atoms with E-state index in [0.29, 0.717) is 0 Å². The van der Waals surface area contributed by atoms with Gasteiger partial charge >= 0.3 is 11.9 Å². The van der Waals surface area contributed by atoms with Crippen LogP contribution >= 0.6 is 25.3 Å². The van der Waals surface area contributed by atoms with Crippen LogP contribution in [-0.4, -0.2) is 57.1 Å². The van der Waals surface area contributed by atoms with Crippen LogP contribution in [0.1, 0.15) is 25.7 Å². The fourth-order valence-corrected chi connectivity index (χ4v) is 0.577. The van der Waals surface area contributed by atoms with Gasteiger partial charge in [0, 0.05) is 13.2 Å². The van der Waals surface area contributed by atoms with E-state index in [-0.39, 0.29) is 24.7 Å². The van der Waals surface area contributed by atoms with E-state index >= 15 is 0 Å². The minimum atomic E-state index is -0.881. The molecule has 0 fully saturated rings. The van der Waals surface area contributed by atoms with E-state index < -0.39 is 11.9 Å². The first-order chi connectivity index (χ1) is 8.45. The molecule has 0 aromatic heterocycles. The molecular weight excluding hydrogens is 280 g/mol. The van der Waals surface area contributed by atoms with Crippen molar-refractivity contribution >= 4 is 37.2 Å². The second kappa shape index (κ2) is 21.8. The first-order valence-corrected chi connectivity index (χ1v) is 6.59. The fraction of sp³-hybridized carbons (Fsp3) is 0.800. The minimum Gasteiger partial charge on any atom is -0.481 e. The minimum absolute atomic E-state index is 0.0833. The molecule has 0 radical (unpaired) electrons. The van der Waals surface area contributed by atoms with Crippen LogP contribution in [0, 0.1) is 0 Å². The summed E-state index contributed by atoms with van der Waals surface area (Å²) in [6, 6.07) is 0. The fourth-order valence-electron chi connectivity index (χ4n) is 0.577. The Morgan fingerprint density at radius 1 is 0.722 bits per heavy atom. The second-order valence-electron chi connectivity index (χ2n) is 2.97. The monoisotopic (exact) mass is 302 g/mol. The van der Waals surface area contributed by atoms with Crippen molar-refractivity contribution in [3.8, 4) is 0 Å². The van der Waals surface area contributed by atoms with E-state index in [1.165, 1.54) is 0 Å². The number of unbranched alkanes of at least 4 members (excludes halogenated alkanes) is 3. The van der Waals surface area contributed by atoms with E-state index in [1.807, 2.05) is 0 Å². The summed E-state index contributed by atoms with van der Waals surface area (Å²) in [6.45, 7) is 0.566. The Bertz CT molecular complexity index is 169. The van der Waals surface area contributed by atoms with E-state index in [0.717, 1.165) is 25.7 Å². The largest absolute Gasteiger partial charge is 0.481 e. The molecule has 18 heavy (non-hydrogen) atoms. The topological polar surface area (TPSA) is 115 Å². The van der Waals surface area contributed by atoms with Gasteiger partial charge < -0.3 is 20.4 Å². The first kappa shape index (κ1) is 22.7. The van der Waals surface area contributed by atoms with Crippen LogP contribution in [0.5, 0.6) is 0 Å². The highest BCUT2D eigenvalue weighted by Crippen LogP contribution is 1.96. The molecule has 0 bridgehead atoms. The number of hydrogen-bond acceptors (Lipinski definition) is 6. The maximum Gasteiger partial charge on any atom is 0.313 e. The molecule has 0 aliphatic carbocycles. The third-order valence-corrected chi connectivity index (χ3v) is 1.88. The number of hydrogen-bond donors (Lipinski definition) is 6. The smallest absolute Gasteiger partial charge is 0.313 e. The normalized spacial score (nSPS) is 8.44. The summed E-state index contributed by atoms with van der Waals surface area (Å²) < 4.78 is 0. The van der Waals surface area contributed by atoms with Gasteiger partial charge in [-0.05, 0) is 12.8 Å². The predicted molar refractivity (Wildman–Crippen MR) is 75.6 cm³/mol. The summed E-state index contributed by atoms with van der Waals surface area (Å²) in [5.41, 5.74) is 0. The highest BCUT2D eigenvalue weighted by atomic mass is 32.1. The molecule has 0 heterocycles. The third-order valence-electron chi connectivity index (χ3n) is 1.34. The summed E-state index contributed by atoms with van der Waals surface area (Å²) in [5.74, 6) is -1.93. The highest BCUT2D eigenvalue weighted by molar-refractivity contribution is 7.81. The molecule has 0 saturated carbocycles. The molecule has 0 amide bonds. The van der Waals surface area contributed by atoms with Gasteiger partial charge in [0.25, 0.3) is 0 Å². The van der Waals surface area contributed by atoms with Crippen LogP contribution in [-0.2, 0) is 9.59 Å². The van der Waals surface area contributed by atoms with Gasteiger partial charge in [-0.3, -0.25) is 9.59 Å². The van der Waals surface area contributed by atoms with Crippen molar-refractivity contribution in [3.05, 3.63) is 0 Å². The quantitative estimate of drug-likeness (QED) is 0.302. The van der Waals surface area contributed by atoms with Crippen molar-refractivity contribution in [1.29, 1.82) is 0 Å². The van der Waals surface area contributed by atoms with Crippen molar-refractivity contribution in [2.45, 2.75) is 25.7 Å². The van der Waals surface area contributed by atoms with Crippen LogP contribution in [0.3, 0.4) is 0 Å². The molecule has 0 spiro atoms. The highest BCUT2D eigenvalue weighted by Gasteiger charge is 1.84. The number of thiol groups is 2. The van der Waals surface area contributed by atoms with E-state index in [2.05, 4.69) is 25.3 Å². The Balaban J connectivity index is -0.000000197. The average molecular weight is 302 g/mol.